The van der Waals surface area contributed by atoms with Crippen molar-refractivity contribution in [2.45, 2.75) is 19.4 Å². The van der Waals surface area contributed by atoms with E-state index in [1.807, 2.05) is 48.5 Å². The van der Waals surface area contributed by atoms with Crippen molar-refractivity contribution in [1.29, 1.82) is 0 Å². The fourth-order valence-electron chi connectivity index (χ4n) is 2.81. The molecule has 1 N–H and O–H groups in total. The number of amides is 1. The third-order valence-corrected chi connectivity index (χ3v) is 3.80. The van der Waals surface area contributed by atoms with Crippen molar-refractivity contribution in [3.05, 3.63) is 59.4 Å². The summed E-state index contributed by atoms with van der Waals surface area (Å²) in [6, 6.07) is 9.76. The number of nitrogens with one attached hydrogen (secondary N) is 1. The zero-order valence-electron chi connectivity index (χ0n) is 12.2. The molecule has 2 heterocycles. The van der Waals surface area contributed by atoms with Crippen LogP contribution in [0.25, 0.3) is 0 Å². The number of benzene rings is 1. The fourth-order valence-corrected chi connectivity index (χ4v) is 2.81. The van der Waals surface area contributed by atoms with Crippen molar-refractivity contribution in [2.24, 2.45) is 0 Å². The average Bonchev–Trinajstić information content (AvgIpc) is 2.54. The first kappa shape index (κ1) is 13.8. The molecule has 0 atom stereocenters. The number of hydrogen-bond donors (Lipinski definition) is 1. The number of aromatic nitrogens is 1. The van der Waals surface area contributed by atoms with Crippen molar-refractivity contribution in [2.75, 3.05) is 18.5 Å². The van der Waals surface area contributed by atoms with Gasteiger partial charge in [0.2, 0.25) is 0 Å². The molecule has 0 fully saturated rings. The van der Waals surface area contributed by atoms with Crippen molar-refractivity contribution >= 4 is 11.6 Å². The van der Waals surface area contributed by atoms with Crippen LogP contribution in [0.4, 0.5) is 5.69 Å². The standard InChI is InChI=1S/C17H19N3O/c1-18-11-13-4-2-5-14(10-13)17(21)20-9-3-6-15-12-19-8-7-16(15)20/h2,4-5,7-8,10,12,18H,3,6,9,11H2,1H3. The van der Waals surface area contributed by atoms with Gasteiger partial charge in [-0.05, 0) is 49.2 Å². The topological polar surface area (TPSA) is 45.2 Å². The van der Waals surface area contributed by atoms with Crippen molar-refractivity contribution in [3.63, 3.8) is 0 Å². The second kappa shape index (κ2) is 6.06. The Morgan fingerprint density at radius 2 is 2.29 bits per heavy atom. The molecule has 0 radical (unpaired) electrons. The number of aryl methyl sites for hydroxylation is 1. The Labute approximate surface area is 124 Å². The summed E-state index contributed by atoms with van der Waals surface area (Å²) in [6.07, 6.45) is 5.60. The molecular formula is C17H19N3O. The van der Waals surface area contributed by atoms with Crippen LogP contribution in [-0.2, 0) is 13.0 Å². The molecule has 1 amide bonds. The Balaban J connectivity index is 1.91. The fraction of sp³-hybridized carbons (Fsp3) is 0.294. The molecule has 3 rings (SSSR count). The Bertz CT molecular complexity index is 654. The highest BCUT2D eigenvalue weighted by atomic mass is 16.2. The van der Waals surface area contributed by atoms with Crippen LogP contribution in [0.2, 0.25) is 0 Å². The van der Waals surface area contributed by atoms with Gasteiger partial charge in [0.15, 0.2) is 0 Å². The summed E-state index contributed by atoms with van der Waals surface area (Å²) < 4.78 is 0. The van der Waals surface area contributed by atoms with E-state index >= 15 is 0 Å². The van der Waals surface area contributed by atoms with Crippen molar-refractivity contribution < 1.29 is 4.79 Å². The molecular weight excluding hydrogens is 262 g/mol. The van der Waals surface area contributed by atoms with E-state index in [0.29, 0.717) is 0 Å². The molecule has 0 aliphatic carbocycles. The summed E-state index contributed by atoms with van der Waals surface area (Å²) in [4.78, 5) is 18.8. The lowest BCUT2D eigenvalue weighted by Crippen LogP contribution is -2.35. The highest BCUT2D eigenvalue weighted by Gasteiger charge is 2.23. The minimum absolute atomic E-state index is 0.0695. The lowest BCUT2D eigenvalue weighted by Gasteiger charge is -2.29. The van der Waals surface area contributed by atoms with Gasteiger partial charge in [-0.15, -0.1) is 0 Å². The number of carbonyl (C=O) groups excluding carboxylic acids is 1. The normalized spacial score (nSPS) is 13.9. The maximum absolute atomic E-state index is 12.8. The van der Waals surface area contributed by atoms with Crippen LogP contribution >= 0.6 is 0 Å². The van der Waals surface area contributed by atoms with Gasteiger partial charge in [-0.25, -0.2) is 0 Å². The molecule has 21 heavy (non-hydrogen) atoms. The molecule has 1 aliphatic rings. The minimum Gasteiger partial charge on any atom is -0.316 e. The van der Waals surface area contributed by atoms with Crippen LogP contribution in [0, 0.1) is 0 Å². The lowest BCUT2D eigenvalue weighted by atomic mass is 10.0. The summed E-state index contributed by atoms with van der Waals surface area (Å²) in [5.74, 6) is 0.0695. The zero-order chi connectivity index (χ0) is 14.7. The lowest BCUT2D eigenvalue weighted by molar-refractivity contribution is 0.0985. The molecule has 0 saturated heterocycles. The zero-order valence-corrected chi connectivity index (χ0v) is 12.2. The van der Waals surface area contributed by atoms with E-state index in [1.165, 1.54) is 0 Å². The highest BCUT2D eigenvalue weighted by molar-refractivity contribution is 6.06. The van der Waals surface area contributed by atoms with E-state index in [2.05, 4.69) is 10.3 Å². The van der Waals surface area contributed by atoms with Crippen molar-refractivity contribution in [1.82, 2.24) is 10.3 Å². The molecule has 108 valence electrons. The summed E-state index contributed by atoms with van der Waals surface area (Å²) in [7, 11) is 1.91. The maximum Gasteiger partial charge on any atom is 0.258 e. The molecule has 2 aromatic rings. The number of carbonyl (C=O) groups is 1. The van der Waals surface area contributed by atoms with E-state index in [1.54, 1.807) is 6.20 Å². The summed E-state index contributed by atoms with van der Waals surface area (Å²) in [6.45, 7) is 1.54. The van der Waals surface area contributed by atoms with Gasteiger partial charge >= 0.3 is 0 Å². The van der Waals surface area contributed by atoms with Gasteiger partial charge in [0.05, 0.1) is 5.69 Å². The average molecular weight is 281 g/mol. The van der Waals surface area contributed by atoms with Crippen molar-refractivity contribution in [3.8, 4) is 0 Å². The van der Waals surface area contributed by atoms with Gasteiger partial charge in [-0.2, -0.15) is 0 Å². The SMILES string of the molecule is CNCc1cccc(C(=O)N2CCCc3cnccc32)c1. The monoisotopic (exact) mass is 281 g/mol. The van der Waals surface area contributed by atoms with Crippen LogP contribution in [0.3, 0.4) is 0 Å². The smallest absolute Gasteiger partial charge is 0.258 e. The number of pyridine rings is 1. The molecule has 0 bridgehead atoms. The predicted molar refractivity (Wildman–Crippen MR) is 83.4 cm³/mol. The van der Waals surface area contributed by atoms with Gasteiger partial charge < -0.3 is 10.2 Å². The Hall–Kier alpha value is -2.20. The Morgan fingerprint density at radius 1 is 1.38 bits per heavy atom. The van der Waals surface area contributed by atoms with E-state index in [0.717, 1.165) is 48.3 Å². The highest BCUT2D eigenvalue weighted by Crippen LogP contribution is 2.27. The summed E-state index contributed by atoms with van der Waals surface area (Å²) in [5, 5.41) is 3.11. The van der Waals surface area contributed by atoms with Crippen LogP contribution in [-0.4, -0.2) is 24.5 Å². The number of anilines is 1. The summed E-state index contributed by atoms with van der Waals surface area (Å²) >= 11 is 0. The first-order valence-corrected chi connectivity index (χ1v) is 7.28. The minimum atomic E-state index is 0.0695. The van der Waals surface area contributed by atoms with Crippen LogP contribution in [0.15, 0.2) is 42.7 Å². The molecule has 0 saturated carbocycles. The molecule has 4 heteroatoms. The summed E-state index contributed by atoms with van der Waals surface area (Å²) in [5.41, 5.74) is 4.02. The first-order chi connectivity index (χ1) is 10.3. The van der Waals surface area contributed by atoms with E-state index in [4.69, 9.17) is 0 Å². The van der Waals surface area contributed by atoms with Gasteiger partial charge in [0.25, 0.3) is 5.91 Å². The van der Waals surface area contributed by atoms with E-state index in [9.17, 15) is 4.79 Å². The largest absolute Gasteiger partial charge is 0.316 e. The molecule has 1 aliphatic heterocycles. The molecule has 1 aromatic heterocycles. The van der Waals surface area contributed by atoms with Gasteiger partial charge in [-0.1, -0.05) is 12.1 Å². The maximum atomic E-state index is 12.8. The number of hydrogen-bond acceptors (Lipinski definition) is 3. The first-order valence-electron chi connectivity index (χ1n) is 7.28. The van der Waals surface area contributed by atoms with Crippen LogP contribution < -0.4 is 10.2 Å². The van der Waals surface area contributed by atoms with Gasteiger partial charge in [0.1, 0.15) is 0 Å². The predicted octanol–water partition coefficient (Wildman–Crippen LogP) is 2.39. The second-order valence-electron chi connectivity index (χ2n) is 5.30. The quantitative estimate of drug-likeness (QED) is 0.939. The van der Waals surface area contributed by atoms with Crippen LogP contribution in [0.5, 0.6) is 0 Å². The molecule has 1 aromatic carbocycles. The Morgan fingerprint density at radius 3 is 3.14 bits per heavy atom. The van der Waals surface area contributed by atoms with E-state index < -0.39 is 0 Å². The van der Waals surface area contributed by atoms with E-state index in [-0.39, 0.29) is 5.91 Å². The third kappa shape index (κ3) is 2.81. The molecule has 0 unspecified atom stereocenters. The van der Waals surface area contributed by atoms with Gasteiger partial charge in [-0.3, -0.25) is 9.78 Å². The number of rotatable bonds is 3. The molecule has 4 nitrogen and oxygen atoms in total. The molecule has 0 spiro atoms. The second-order valence-corrected chi connectivity index (χ2v) is 5.30. The number of nitrogens with zero attached hydrogens (tertiary/aromatic N) is 2. The third-order valence-electron chi connectivity index (χ3n) is 3.80. The Kier molecular flexibility index (Phi) is 3.97. The van der Waals surface area contributed by atoms with Crippen LogP contribution in [0.1, 0.15) is 27.9 Å². The number of fused-ring (bicyclic) bond motifs is 1. The van der Waals surface area contributed by atoms with Gasteiger partial charge in [0, 0.05) is 31.0 Å².